The van der Waals surface area contributed by atoms with Gasteiger partial charge in [-0.1, -0.05) is 6.92 Å². The van der Waals surface area contributed by atoms with Crippen LogP contribution in [0, 0.1) is 0 Å². The SMILES string of the molecule is CCC(O)CCNC(=O)c1ccc(OC)cc1N. The van der Waals surface area contributed by atoms with Crippen LogP contribution in [-0.2, 0) is 0 Å². The first-order valence-corrected chi connectivity index (χ1v) is 5.98. The fourth-order valence-corrected chi connectivity index (χ4v) is 1.53. The van der Waals surface area contributed by atoms with E-state index in [-0.39, 0.29) is 12.0 Å². The molecule has 0 saturated heterocycles. The Morgan fingerprint density at radius 1 is 1.56 bits per heavy atom. The minimum atomic E-state index is -0.376. The fourth-order valence-electron chi connectivity index (χ4n) is 1.53. The van der Waals surface area contributed by atoms with Gasteiger partial charge in [0.2, 0.25) is 0 Å². The molecule has 4 N–H and O–H groups in total. The molecule has 0 spiro atoms. The highest BCUT2D eigenvalue weighted by atomic mass is 16.5. The molecular formula is C13H20N2O3. The van der Waals surface area contributed by atoms with Crippen LogP contribution < -0.4 is 15.8 Å². The lowest BCUT2D eigenvalue weighted by atomic mass is 10.1. The molecule has 1 atom stereocenters. The maximum atomic E-state index is 11.8. The number of aliphatic hydroxyl groups excluding tert-OH is 1. The number of anilines is 1. The van der Waals surface area contributed by atoms with Crippen molar-refractivity contribution in [3.63, 3.8) is 0 Å². The Balaban J connectivity index is 2.56. The third kappa shape index (κ3) is 3.92. The van der Waals surface area contributed by atoms with Crippen LogP contribution in [0.1, 0.15) is 30.1 Å². The second-order valence-corrected chi connectivity index (χ2v) is 4.06. The van der Waals surface area contributed by atoms with Gasteiger partial charge in [0.05, 0.1) is 18.8 Å². The van der Waals surface area contributed by atoms with Crippen LogP contribution in [0.3, 0.4) is 0 Å². The molecule has 0 radical (unpaired) electrons. The smallest absolute Gasteiger partial charge is 0.253 e. The van der Waals surface area contributed by atoms with E-state index in [2.05, 4.69) is 5.32 Å². The van der Waals surface area contributed by atoms with Crippen LogP contribution in [0.2, 0.25) is 0 Å². The Kier molecular flexibility index (Phi) is 5.45. The van der Waals surface area contributed by atoms with E-state index in [9.17, 15) is 9.90 Å². The second-order valence-electron chi connectivity index (χ2n) is 4.06. The van der Waals surface area contributed by atoms with Crippen LogP contribution in [0.4, 0.5) is 5.69 Å². The number of nitrogens with one attached hydrogen (secondary N) is 1. The Hall–Kier alpha value is -1.75. The number of rotatable bonds is 6. The molecule has 0 fully saturated rings. The van der Waals surface area contributed by atoms with Gasteiger partial charge in [-0.2, -0.15) is 0 Å². The van der Waals surface area contributed by atoms with Gasteiger partial charge in [-0.3, -0.25) is 4.79 Å². The molecule has 0 aliphatic carbocycles. The molecule has 0 bridgehead atoms. The third-order valence-corrected chi connectivity index (χ3v) is 2.74. The van der Waals surface area contributed by atoms with E-state index in [1.807, 2.05) is 6.92 Å². The van der Waals surface area contributed by atoms with E-state index >= 15 is 0 Å². The molecule has 5 heteroatoms. The number of carbonyl (C=O) groups excluding carboxylic acids is 1. The van der Waals surface area contributed by atoms with Gasteiger partial charge in [0, 0.05) is 18.3 Å². The van der Waals surface area contributed by atoms with Crippen molar-refractivity contribution in [3.05, 3.63) is 23.8 Å². The van der Waals surface area contributed by atoms with Gasteiger partial charge >= 0.3 is 0 Å². The first-order chi connectivity index (χ1) is 8.58. The van der Waals surface area contributed by atoms with Crippen LogP contribution in [0.15, 0.2) is 18.2 Å². The topological polar surface area (TPSA) is 84.6 Å². The van der Waals surface area contributed by atoms with E-state index in [1.165, 1.54) is 0 Å². The largest absolute Gasteiger partial charge is 0.497 e. The number of nitrogen functional groups attached to an aromatic ring is 1. The van der Waals surface area contributed by atoms with Crippen LogP contribution >= 0.6 is 0 Å². The fraction of sp³-hybridized carbons (Fsp3) is 0.462. The second kappa shape index (κ2) is 6.86. The van der Waals surface area contributed by atoms with E-state index in [1.54, 1.807) is 25.3 Å². The number of carbonyl (C=O) groups is 1. The minimum absolute atomic E-state index is 0.238. The highest BCUT2D eigenvalue weighted by Crippen LogP contribution is 2.19. The molecule has 0 aliphatic heterocycles. The maximum Gasteiger partial charge on any atom is 0.253 e. The Bertz CT molecular complexity index is 407. The number of hydrogen-bond donors (Lipinski definition) is 3. The van der Waals surface area contributed by atoms with Crippen molar-refractivity contribution in [3.8, 4) is 5.75 Å². The molecule has 0 saturated carbocycles. The van der Waals surface area contributed by atoms with Crippen molar-refractivity contribution in [2.24, 2.45) is 0 Å². The van der Waals surface area contributed by atoms with Gasteiger partial charge in [-0.15, -0.1) is 0 Å². The zero-order valence-electron chi connectivity index (χ0n) is 10.8. The molecule has 18 heavy (non-hydrogen) atoms. The predicted octanol–water partition coefficient (Wildman–Crippen LogP) is 1.17. The molecule has 0 heterocycles. The molecule has 1 rings (SSSR count). The van der Waals surface area contributed by atoms with E-state index in [0.717, 1.165) is 0 Å². The highest BCUT2D eigenvalue weighted by Gasteiger charge is 2.10. The van der Waals surface area contributed by atoms with Crippen molar-refractivity contribution in [1.82, 2.24) is 5.32 Å². The lowest BCUT2D eigenvalue weighted by Crippen LogP contribution is -2.27. The number of amides is 1. The van der Waals surface area contributed by atoms with Crippen LogP contribution in [0.5, 0.6) is 5.75 Å². The Morgan fingerprint density at radius 3 is 2.83 bits per heavy atom. The van der Waals surface area contributed by atoms with E-state index < -0.39 is 0 Å². The highest BCUT2D eigenvalue weighted by molar-refractivity contribution is 5.99. The summed E-state index contributed by atoms with van der Waals surface area (Å²) in [5.74, 6) is 0.379. The normalized spacial score (nSPS) is 11.9. The first-order valence-electron chi connectivity index (χ1n) is 5.98. The number of ether oxygens (including phenoxy) is 1. The molecule has 5 nitrogen and oxygen atoms in total. The van der Waals surface area contributed by atoms with Crippen LogP contribution in [0.25, 0.3) is 0 Å². The van der Waals surface area contributed by atoms with Crippen molar-refractivity contribution in [1.29, 1.82) is 0 Å². The van der Waals surface area contributed by atoms with Crippen molar-refractivity contribution >= 4 is 11.6 Å². The lowest BCUT2D eigenvalue weighted by molar-refractivity contribution is 0.0943. The molecule has 0 aliphatic rings. The number of benzene rings is 1. The average Bonchev–Trinajstić information content (AvgIpc) is 2.37. The molecule has 1 aromatic rings. The molecule has 1 aromatic carbocycles. The number of aliphatic hydroxyl groups is 1. The molecule has 1 amide bonds. The summed E-state index contributed by atoms with van der Waals surface area (Å²) in [6.45, 7) is 2.33. The molecule has 0 aromatic heterocycles. The zero-order valence-corrected chi connectivity index (χ0v) is 10.8. The lowest BCUT2D eigenvalue weighted by Gasteiger charge is -2.10. The monoisotopic (exact) mass is 252 g/mol. The predicted molar refractivity (Wildman–Crippen MR) is 70.7 cm³/mol. The van der Waals surface area contributed by atoms with Gasteiger partial charge in [0.1, 0.15) is 5.75 Å². The van der Waals surface area contributed by atoms with Crippen molar-refractivity contribution in [2.75, 3.05) is 19.4 Å². The Labute approximate surface area is 107 Å². The number of methoxy groups -OCH3 is 1. The molecule has 1 unspecified atom stereocenters. The first kappa shape index (κ1) is 14.3. The van der Waals surface area contributed by atoms with Crippen molar-refractivity contribution in [2.45, 2.75) is 25.9 Å². The maximum absolute atomic E-state index is 11.8. The van der Waals surface area contributed by atoms with Gasteiger partial charge in [0.25, 0.3) is 5.91 Å². The van der Waals surface area contributed by atoms with Crippen molar-refractivity contribution < 1.29 is 14.6 Å². The summed E-state index contributed by atoms with van der Waals surface area (Å²) in [5, 5.41) is 12.1. The van der Waals surface area contributed by atoms with Gasteiger partial charge in [0.15, 0.2) is 0 Å². The summed E-state index contributed by atoms with van der Waals surface area (Å²) < 4.78 is 5.01. The summed E-state index contributed by atoms with van der Waals surface area (Å²) >= 11 is 0. The number of hydrogen-bond acceptors (Lipinski definition) is 4. The minimum Gasteiger partial charge on any atom is -0.497 e. The van der Waals surface area contributed by atoms with Gasteiger partial charge < -0.3 is 20.9 Å². The van der Waals surface area contributed by atoms with E-state index in [4.69, 9.17) is 10.5 Å². The van der Waals surface area contributed by atoms with Crippen LogP contribution in [-0.4, -0.2) is 30.8 Å². The zero-order chi connectivity index (χ0) is 13.5. The summed E-state index contributed by atoms with van der Waals surface area (Å²) in [7, 11) is 1.54. The average molecular weight is 252 g/mol. The van der Waals surface area contributed by atoms with Gasteiger partial charge in [-0.25, -0.2) is 0 Å². The number of nitrogens with two attached hydrogens (primary N) is 1. The standard InChI is InChI=1S/C13H20N2O3/c1-3-9(16)6-7-15-13(17)11-5-4-10(18-2)8-12(11)14/h4-5,8-9,16H,3,6-7,14H2,1-2H3,(H,15,17). The molecule has 100 valence electrons. The van der Waals surface area contributed by atoms with Gasteiger partial charge in [-0.05, 0) is 25.0 Å². The quantitative estimate of drug-likeness (QED) is 0.663. The molecular weight excluding hydrogens is 232 g/mol. The Morgan fingerprint density at radius 2 is 2.28 bits per heavy atom. The summed E-state index contributed by atoms with van der Waals surface area (Å²) in [6, 6.07) is 4.92. The summed E-state index contributed by atoms with van der Waals surface area (Å²) in [6.07, 6.45) is 0.845. The summed E-state index contributed by atoms with van der Waals surface area (Å²) in [5.41, 5.74) is 6.56. The van der Waals surface area contributed by atoms with E-state index in [0.29, 0.717) is 36.4 Å². The third-order valence-electron chi connectivity index (χ3n) is 2.74. The summed E-state index contributed by atoms with van der Waals surface area (Å²) in [4.78, 5) is 11.8.